The Bertz CT molecular complexity index is 832. The molecule has 128 valence electrons. The predicted molar refractivity (Wildman–Crippen MR) is 90.6 cm³/mol. The van der Waals surface area contributed by atoms with Crippen molar-refractivity contribution < 1.29 is 18.4 Å². The molecule has 2 aromatic carbocycles. The molecule has 0 aliphatic carbocycles. The van der Waals surface area contributed by atoms with Crippen molar-refractivity contribution >= 4 is 27.6 Å². The fourth-order valence-electron chi connectivity index (χ4n) is 2.16. The molecule has 1 amide bonds. The lowest BCUT2D eigenvalue weighted by Gasteiger charge is -2.12. The number of nitriles is 1. The van der Waals surface area contributed by atoms with Crippen molar-refractivity contribution in [2.75, 3.05) is 0 Å². The Kier molecular flexibility index (Phi) is 6.37. The first kappa shape index (κ1) is 18.7. The van der Waals surface area contributed by atoms with E-state index in [2.05, 4.69) is 21.2 Å². The fourth-order valence-corrected chi connectivity index (χ4v) is 2.42. The molecule has 0 aliphatic rings. The summed E-state index contributed by atoms with van der Waals surface area (Å²) in [6.07, 6.45) is -0.187. The molecule has 1 unspecified atom stereocenters. The molecule has 1 atom stereocenters. The second kappa shape index (κ2) is 8.49. The van der Waals surface area contributed by atoms with Crippen molar-refractivity contribution in [3.05, 3.63) is 69.7 Å². The van der Waals surface area contributed by atoms with E-state index >= 15 is 0 Å². The molecular weight excluding hydrogens is 394 g/mol. The minimum absolute atomic E-state index is 0.0441. The molecule has 0 spiro atoms. The van der Waals surface area contributed by atoms with Crippen LogP contribution >= 0.6 is 15.9 Å². The number of hydrogen-bond acceptors (Lipinski definition) is 3. The van der Waals surface area contributed by atoms with Crippen LogP contribution in [0.15, 0.2) is 46.9 Å². The lowest BCUT2D eigenvalue weighted by Crippen LogP contribution is -2.28. The Morgan fingerprint density at radius 2 is 1.80 bits per heavy atom. The van der Waals surface area contributed by atoms with Gasteiger partial charge < -0.3 is 5.32 Å². The first-order chi connectivity index (χ1) is 11.9. The number of halogens is 3. The van der Waals surface area contributed by atoms with E-state index in [0.717, 1.165) is 16.6 Å². The van der Waals surface area contributed by atoms with Crippen LogP contribution in [0.25, 0.3) is 0 Å². The molecule has 4 nitrogen and oxygen atoms in total. The number of rotatable bonds is 6. The number of hydrogen-bond donors (Lipinski definition) is 1. The summed E-state index contributed by atoms with van der Waals surface area (Å²) in [6.45, 7) is 0. The van der Waals surface area contributed by atoms with Gasteiger partial charge >= 0.3 is 0 Å². The van der Waals surface area contributed by atoms with Crippen LogP contribution in [-0.4, -0.2) is 11.7 Å². The van der Waals surface area contributed by atoms with Crippen molar-refractivity contribution in [2.24, 2.45) is 0 Å². The summed E-state index contributed by atoms with van der Waals surface area (Å²) >= 11 is 3.26. The molecule has 0 aromatic heterocycles. The highest BCUT2D eigenvalue weighted by molar-refractivity contribution is 9.10. The molecule has 25 heavy (non-hydrogen) atoms. The van der Waals surface area contributed by atoms with E-state index in [0.29, 0.717) is 11.6 Å². The fraction of sp³-hybridized carbons (Fsp3) is 0.167. The monoisotopic (exact) mass is 406 g/mol. The number of carbonyl (C=O) groups is 2. The van der Waals surface area contributed by atoms with Gasteiger partial charge in [0.05, 0.1) is 6.07 Å². The maximum Gasteiger partial charge on any atom is 0.221 e. The summed E-state index contributed by atoms with van der Waals surface area (Å²) in [5, 5.41) is 11.4. The maximum atomic E-state index is 13.7. The van der Waals surface area contributed by atoms with Gasteiger partial charge in [0.1, 0.15) is 17.7 Å². The molecule has 0 fully saturated rings. The van der Waals surface area contributed by atoms with Crippen molar-refractivity contribution in [1.29, 1.82) is 5.26 Å². The topological polar surface area (TPSA) is 70.0 Å². The van der Waals surface area contributed by atoms with Crippen molar-refractivity contribution in [2.45, 2.75) is 18.9 Å². The number of nitrogens with zero attached hydrogens (tertiary/aromatic N) is 1. The molecule has 0 radical (unpaired) electrons. The van der Waals surface area contributed by atoms with E-state index in [1.54, 1.807) is 30.3 Å². The highest BCUT2D eigenvalue weighted by atomic mass is 79.9. The van der Waals surface area contributed by atoms with Gasteiger partial charge in [-0.2, -0.15) is 5.26 Å². The Hall–Kier alpha value is -2.59. The predicted octanol–water partition coefficient (Wildman–Crippen LogP) is 4.07. The average molecular weight is 407 g/mol. The second-order valence-corrected chi connectivity index (χ2v) is 6.14. The van der Waals surface area contributed by atoms with E-state index in [9.17, 15) is 18.4 Å². The Morgan fingerprint density at radius 3 is 2.40 bits per heavy atom. The van der Waals surface area contributed by atoms with Gasteiger partial charge in [-0.1, -0.05) is 34.1 Å². The highest BCUT2D eigenvalue weighted by Crippen LogP contribution is 2.18. The van der Waals surface area contributed by atoms with Crippen LogP contribution in [0, 0.1) is 23.0 Å². The van der Waals surface area contributed by atoms with Crippen LogP contribution in [-0.2, 0) is 4.79 Å². The zero-order chi connectivity index (χ0) is 18.4. The SMILES string of the molecule is N#CC(NC(=O)CCC(=O)c1ccc(Br)cc1)c1ccc(F)cc1F. The van der Waals surface area contributed by atoms with Crippen LogP contribution < -0.4 is 5.32 Å². The molecule has 0 bridgehead atoms. The van der Waals surface area contributed by atoms with Gasteiger partial charge in [-0.05, 0) is 18.2 Å². The zero-order valence-corrected chi connectivity index (χ0v) is 14.5. The summed E-state index contributed by atoms with van der Waals surface area (Å²) in [7, 11) is 0. The Balaban J connectivity index is 1.95. The lowest BCUT2D eigenvalue weighted by molar-refractivity contribution is -0.121. The summed E-state index contributed by atoms with van der Waals surface area (Å²) in [4.78, 5) is 24.0. The third-order valence-electron chi connectivity index (χ3n) is 3.45. The minimum Gasteiger partial charge on any atom is -0.337 e. The van der Waals surface area contributed by atoms with E-state index < -0.39 is 23.6 Å². The summed E-state index contributed by atoms with van der Waals surface area (Å²) < 4.78 is 27.5. The standard InChI is InChI=1S/C18H13BrF2N2O2/c19-12-3-1-11(2-4-12)17(24)7-8-18(25)23-16(10-22)14-6-5-13(20)9-15(14)21/h1-6,9,16H,7-8H2,(H,23,25). The number of carbonyl (C=O) groups excluding carboxylic acids is 2. The minimum atomic E-state index is -1.25. The number of benzene rings is 2. The molecule has 0 saturated heterocycles. The zero-order valence-electron chi connectivity index (χ0n) is 12.9. The average Bonchev–Trinajstić information content (AvgIpc) is 2.58. The normalized spacial score (nSPS) is 11.4. The van der Waals surface area contributed by atoms with E-state index in [1.165, 1.54) is 0 Å². The molecular formula is C18H13BrF2N2O2. The van der Waals surface area contributed by atoms with E-state index in [4.69, 9.17) is 5.26 Å². The Morgan fingerprint density at radius 1 is 1.12 bits per heavy atom. The molecule has 0 saturated carbocycles. The van der Waals surface area contributed by atoms with Gasteiger partial charge in [-0.25, -0.2) is 8.78 Å². The molecule has 0 aliphatic heterocycles. The molecule has 2 rings (SSSR count). The molecule has 2 aromatic rings. The largest absolute Gasteiger partial charge is 0.337 e. The number of Topliss-reactive ketones (excluding diaryl/α,β-unsaturated/α-hetero) is 1. The summed E-state index contributed by atoms with van der Waals surface area (Å²) in [6, 6.07) is 9.96. The lowest BCUT2D eigenvalue weighted by atomic mass is 10.1. The van der Waals surface area contributed by atoms with Crippen LogP contribution in [0.2, 0.25) is 0 Å². The number of amides is 1. The van der Waals surface area contributed by atoms with Crippen LogP contribution in [0.5, 0.6) is 0 Å². The van der Waals surface area contributed by atoms with Crippen LogP contribution in [0.1, 0.15) is 34.8 Å². The van der Waals surface area contributed by atoms with Crippen molar-refractivity contribution in [3.63, 3.8) is 0 Å². The molecule has 7 heteroatoms. The molecule has 1 N–H and O–H groups in total. The smallest absolute Gasteiger partial charge is 0.221 e. The summed E-state index contributed by atoms with van der Waals surface area (Å²) in [5.41, 5.74) is 0.342. The highest BCUT2D eigenvalue weighted by Gasteiger charge is 2.19. The second-order valence-electron chi connectivity index (χ2n) is 5.23. The van der Waals surface area contributed by atoms with Gasteiger partial charge in [0.15, 0.2) is 5.78 Å². The Labute approximate surface area is 151 Å². The summed E-state index contributed by atoms with van der Waals surface area (Å²) in [5.74, 6) is -2.48. The maximum absolute atomic E-state index is 13.7. The quantitative estimate of drug-likeness (QED) is 0.734. The van der Waals surface area contributed by atoms with Gasteiger partial charge in [-0.15, -0.1) is 0 Å². The van der Waals surface area contributed by atoms with Gasteiger partial charge in [0.2, 0.25) is 5.91 Å². The van der Waals surface area contributed by atoms with Crippen molar-refractivity contribution in [1.82, 2.24) is 5.32 Å². The van der Waals surface area contributed by atoms with E-state index in [1.807, 2.05) is 0 Å². The van der Waals surface area contributed by atoms with Gasteiger partial charge in [0, 0.05) is 34.5 Å². The van der Waals surface area contributed by atoms with Gasteiger partial charge in [0.25, 0.3) is 0 Å². The van der Waals surface area contributed by atoms with Crippen LogP contribution in [0.4, 0.5) is 8.78 Å². The third kappa shape index (κ3) is 5.19. The van der Waals surface area contributed by atoms with E-state index in [-0.39, 0.29) is 24.2 Å². The number of ketones is 1. The third-order valence-corrected chi connectivity index (χ3v) is 3.98. The molecule has 0 heterocycles. The first-order valence-corrected chi connectivity index (χ1v) is 8.12. The van der Waals surface area contributed by atoms with Crippen LogP contribution in [0.3, 0.4) is 0 Å². The first-order valence-electron chi connectivity index (χ1n) is 7.33. The number of nitrogens with one attached hydrogen (secondary N) is 1. The van der Waals surface area contributed by atoms with Gasteiger partial charge in [-0.3, -0.25) is 9.59 Å². The van der Waals surface area contributed by atoms with Crippen molar-refractivity contribution in [3.8, 4) is 6.07 Å².